The van der Waals surface area contributed by atoms with Crippen LogP contribution in [-0.2, 0) is 11.8 Å². The molecule has 25 heavy (non-hydrogen) atoms. The molecule has 0 bridgehead atoms. The maximum atomic E-state index is 12.5. The highest BCUT2D eigenvalue weighted by molar-refractivity contribution is 5.90. The Kier molecular flexibility index (Phi) is 3.84. The zero-order chi connectivity index (χ0) is 17.3. The number of hydrogen-bond donors (Lipinski definition) is 0. The highest BCUT2D eigenvalue weighted by Crippen LogP contribution is 2.38. The van der Waals surface area contributed by atoms with E-state index in [1.54, 1.807) is 11.8 Å². The molecular weight excluding hydrogens is 314 g/mol. The molecule has 1 saturated heterocycles. The zero-order valence-corrected chi connectivity index (χ0v) is 14.1. The van der Waals surface area contributed by atoms with Gasteiger partial charge < -0.3 is 9.32 Å². The fourth-order valence-electron chi connectivity index (χ4n) is 3.52. The molecule has 3 aromatic rings. The minimum Gasteiger partial charge on any atom is -0.417 e. The Hall–Kier alpha value is -2.95. The Labute approximate surface area is 146 Å². The number of carbonyl (C=O) groups excluding carboxylic acids is 1. The highest BCUT2D eigenvalue weighted by Gasteiger charge is 2.47. The molecule has 2 heterocycles. The van der Waals surface area contributed by atoms with Gasteiger partial charge in [0.15, 0.2) is 0 Å². The highest BCUT2D eigenvalue weighted by atomic mass is 16.4. The Morgan fingerprint density at radius 1 is 1.04 bits per heavy atom. The summed E-state index contributed by atoms with van der Waals surface area (Å²) in [7, 11) is 0. The molecule has 1 aliphatic heterocycles. The first-order valence-corrected chi connectivity index (χ1v) is 8.35. The average Bonchev–Trinajstić information content (AvgIpc) is 3.05. The third kappa shape index (κ3) is 2.93. The summed E-state index contributed by atoms with van der Waals surface area (Å²) in [6.45, 7) is 2.97. The van der Waals surface area contributed by atoms with E-state index in [0.29, 0.717) is 19.0 Å². The standard InChI is InChI=1S/C20H19N3O2/c1-15-21-22-18(25-15)19(24)23-13-20(14-23,17-10-6-3-7-11-17)12-16-8-4-2-5-9-16/h2-11H,12-14H2,1H3. The summed E-state index contributed by atoms with van der Waals surface area (Å²) < 4.78 is 5.28. The van der Waals surface area contributed by atoms with Gasteiger partial charge in [-0.25, -0.2) is 0 Å². The lowest BCUT2D eigenvalue weighted by atomic mass is 9.69. The molecule has 0 saturated carbocycles. The van der Waals surface area contributed by atoms with E-state index >= 15 is 0 Å². The van der Waals surface area contributed by atoms with Crippen molar-refractivity contribution in [1.29, 1.82) is 0 Å². The van der Waals surface area contributed by atoms with E-state index in [9.17, 15) is 4.79 Å². The van der Waals surface area contributed by atoms with Gasteiger partial charge in [-0.1, -0.05) is 60.7 Å². The lowest BCUT2D eigenvalue weighted by Gasteiger charge is -2.50. The first kappa shape index (κ1) is 15.6. The Balaban J connectivity index is 1.58. The summed E-state index contributed by atoms with van der Waals surface area (Å²) in [6.07, 6.45) is 0.893. The van der Waals surface area contributed by atoms with Crippen molar-refractivity contribution in [2.75, 3.05) is 13.1 Å². The molecule has 1 amide bonds. The second kappa shape index (κ2) is 6.16. The summed E-state index contributed by atoms with van der Waals surface area (Å²) in [5.41, 5.74) is 2.45. The molecule has 0 spiro atoms. The molecule has 2 aromatic carbocycles. The van der Waals surface area contributed by atoms with Crippen molar-refractivity contribution in [2.24, 2.45) is 0 Å². The summed E-state index contributed by atoms with van der Waals surface area (Å²) in [5.74, 6) is 0.279. The van der Waals surface area contributed by atoms with Crippen LogP contribution in [0.2, 0.25) is 0 Å². The number of likely N-dealkylation sites (tertiary alicyclic amines) is 1. The molecule has 5 nitrogen and oxygen atoms in total. The first-order chi connectivity index (χ1) is 12.2. The van der Waals surface area contributed by atoms with Gasteiger partial charge in [0, 0.05) is 25.4 Å². The summed E-state index contributed by atoms with van der Waals surface area (Å²) >= 11 is 0. The van der Waals surface area contributed by atoms with Crippen LogP contribution in [0.1, 0.15) is 27.7 Å². The van der Waals surface area contributed by atoms with E-state index in [-0.39, 0.29) is 17.2 Å². The molecule has 0 atom stereocenters. The Morgan fingerprint density at radius 2 is 1.68 bits per heavy atom. The van der Waals surface area contributed by atoms with Crippen LogP contribution in [0.25, 0.3) is 0 Å². The number of carbonyl (C=O) groups is 1. The van der Waals surface area contributed by atoms with Gasteiger partial charge in [0.05, 0.1) is 0 Å². The van der Waals surface area contributed by atoms with E-state index in [0.717, 1.165) is 6.42 Å². The number of hydrogen-bond acceptors (Lipinski definition) is 4. The monoisotopic (exact) mass is 333 g/mol. The number of aromatic nitrogens is 2. The quantitative estimate of drug-likeness (QED) is 0.736. The van der Waals surface area contributed by atoms with E-state index < -0.39 is 0 Å². The molecule has 126 valence electrons. The van der Waals surface area contributed by atoms with Crippen molar-refractivity contribution in [3.8, 4) is 0 Å². The maximum Gasteiger partial charge on any atom is 0.311 e. The van der Waals surface area contributed by atoms with E-state index in [1.807, 2.05) is 24.3 Å². The van der Waals surface area contributed by atoms with Crippen molar-refractivity contribution in [1.82, 2.24) is 15.1 Å². The number of benzene rings is 2. The third-order valence-electron chi connectivity index (χ3n) is 4.75. The normalized spacial score (nSPS) is 15.6. The lowest BCUT2D eigenvalue weighted by Crippen LogP contribution is -2.62. The van der Waals surface area contributed by atoms with Crippen molar-refractivity contribution in [3.63, 3.8) is 0 Å². The van der Waals surface area contributed by atoms with Crippen LogP contribution < -0.4 is 0 Å². The van der Waals surface area contributed by atoms with Crippen LogP contribution in [0.5, 0.6) is 0 Å². The fourth-order valence-corrected chi connectivity index (χ4v) is 3.52. The van der Waals surface area contributed by atoms with Gasteiger partial charge in [-0.2, -0.15) is 0 Å². The van der Waals surface area contributed by atoms with Crippen LogP contribution in [0.4, 0.5) is 0 Å². The molecule has 5 heteroatoms. The van der Waals surface area contributed by atoms with E-state index in [2.05, 4.69) is 46.6 Å². The predicted octanol–water partition coefficient (Wildman–Crippen LogP) is 3.01. The molecule has 1 aromatic heterocycles. The lowest BCUT2D eigenvalue weighted by molar-refractivity contribution is 0.0347. The first-order valence-electron chi connectivity index (χ1n) is 8.35. The van der Waals surface area contributed by atoms with Crippen LogP contribution in [0.15, 0.2) is 65.1 Å². The predicted molar refractivity (Wildman–Crippen MR) is 93.2 cm³/mol. The van der Waals surface area contributed by atoms with Crippen LogP contribution >= 0.6 is 0 Å². The molecule has 4 rings (SSSR count). The van der Waals surface area contributed by atoms with Gasteiger partial charge in [0.2, 0.25) is 5.89 Å². The van der Waals surface area contributed by atoms with Gasteiger partial charge in [-0.3, -0.25) is 4.79 Å². The minimum atomic E-state index is -0.194. The number of aryl methyl sites for hydroxylation is 1. The maximum absolute atomic E-state index is 12.5. The Morgan fingerprint density at radius 3 is 2.28 bits per heavy atom. The average molecular weight is 333 g/mol. The fraction of sp³-hybridized carbons (Fsp3) is 0.250. The van der Waals surface area contributed by atoms with Gasteiger partial charge in [-0.05, 0) is 17.5 Å². The molecule has 0 aliphatic carbocycles. The smallest absolute Gasteiger partial charge is 0.311 e. The molecule has 1 aliphatic rings. The summed E-state index contributed by atoms with van der Waals surface area (Å²) in [5, 5.41) is 7.59. The van der Waals surface area contributed by atoms with E-state index in [4.69, 9.17) is 4.42 Å². The summed E-state index contributed by atoms with van der Waals surface area (Å²) in [4.78, 5) is 14.3. The molecule has 0 unspecified atom stereocenters. The molecule has 1 fully saturated rings. The second-order valence-electron chi connectivity index (χ2n) is 6.60. The van der Waals surface area contributed by atoms with Crippen molar-refractivity contribution >= 4 is 5.91 Å². The number of nitrogens with zero attached hydrogens (tertiary/aromatic N) is 3. The molecule has 0 radical (unpaired) electrons. The SMILES string of the molecule is Cc1nnc(C(=O)N2CC(Cc3ccccc3)(c3ccccc3)C2)o1. The number of amides is 1. The van der Waals surface area contributed by atoms with E-state index in [1.165, 1.54) is 11.1 Å². The van der Waals surface area contributed by atoms with Crippen LogP contribution in [0.3, 0.4) is 0 Å². The van der Waals surface area contributed by atoms with Crippen LogP contribution in [-0.4, -0.2) is 34.1 Å². The number of rotatable bonds is 4. The zero-order valence-electron chi connectivity index (χ0n) is 14.1. The van der Waals surface area contributed by atoms with Crippen molar-refractivity contribution < 1.29 is 9.21 Å². The third-order valence-corrected chi connectivity index (χ3v) is 4.75. The minimum absolute atomic E-state index is 0.0684. The topological polar surface area (TPSA) is 59.2 Å². The van der Waals surface area contributed by atoms with Gasteiger partial charge in [0.25, 0.3) is 0 Å². The van der Waals surface area contributed by atoms with Crippen molar-refractivity contribution in [3.05, 3.63) is 83.6 Å². The molecular formula is C20H19N3O2. The molecule has 0 N–H and O–H groups in total. The largest absolute Gasteiger partial charge is 0.417 e. The Bertz CT molecular complexity index is 868. The van der Waals surface area contributed by atoms with Gasteiger partial charge >= 0.3 is 11.8 Å². The van der Waals surface area contributed by atoms with Crippen LogP contribution in [0, 0.1) is 6.92 Å². The van der Waals surface area contributed by atoms with Crippen molar-refractivity contribution in [2.45, 2.75) is 18.8 Å². The van der Waals surface area contributed by atoms with Gasteiger partial charge in [0.1, 0.15) is 0 Å². The second-order valence-corrected chi connectivity index (χ2v) is 6.60. The summed E-state index contributed by atoms with van der Waals surface area (Å²) in [6, 6.07) is 20.8. The van der Waals surface area contributed by atoms with Gasteiger partial charge in [-0.15, -0.1) is 10.2 Å².